The number of hydrogen-bond donors (Lipinski definition) is 8. The first-order valence-corrected chi connectivity index (χ1v) is 17.6. The van der Waals surface area contributed by atoms with Crippen LogP contribution in [0.25, 0.3) is 0 Å². The Balaban J connectivity index is 1.33. The van der Waals surface area contributed by atoms with Crippen LogP contribution in [0.15, 0.2) is 11.6 Å². The van der Waals surface area contributed by atoms with E-state index < -0.39 is 65.8 Å². The number of carboxylic acid groups (broad SMARTS) is 1. The molecule has 0 radical (unpaired) electrons. The predicted molar refractivity (Wildman–Crippen MR) is 170 cm³/mol. The molecule has 268 valence electrons. The summed E-state index contributed by atoms with van der Waals surface area (Å²) in [5.41, 5.74) is -1.45. The standard InChI is InChI=1S/C36H58O11/c1-31(2)13-19-18-7-8-21-32(3)11-10-24(46-30-27(43)25(41)26(42)28(47-30)29(44)45)33(4,16-37)20(32)9-12-34(21,5)35(18,6)15-23(40)36(19,17-38)22(39)14-31/h7,19-28,30,37-43H,8-17H2,1-6H3,(H,44,45). The van der Waals surface area contributed by atoms with Gasteiger partial charge in [-0.15, -0.1) is 0 Å². The molecule has 11 heteroatoms. The van der Waals surface area contributed by atoms with E-state index in [1.165, 1.54) is 5.57 Å². The minimum Gasteiger partial charge on any atom is -0.479 e. The highest BCUT2D eigenvalue weighted by atomic mass is 16.7. The maximum Gasteiger partial charge on any atom is 0.335 e. The predicted octanol–water partition coefficient (Wildman–Crippen LogP) is 1.97. The third kappa shape index (κ3) is 4.74. The molecule has 6 aliphatic rings. The van der Waals surface area contributed by atoms with Gasteiger partial charge in [-0.2, -0.15) is 0 Å². The molecule has 1 heterocycles. The van der Waals surface area contributed by atoms with Crippen LogP contribution in [0.1, 0.15) is 92.9 Å². The number of allylic oxidation sites excluding steroid dienone is 2. The topological polar surface area (TPSA) is 197 Å². The van der Waals surface area contributed by atoms with Crippen molar-refractivity contribution in [1.29, 1.82) is 0 Å². The van der Waals surface area contributed by atoms with Crippen molar-refractivity contribution < 1.29 is 55.1 Å². The second kappa shape index (κ2) is 11.4. The quantitative estimate of drug-likeness (QED) is 0.158. The van der Waals surface area contributed by atoms with E-state index in [1.54, 1.807) is 0 Å². The summed E-state index contributed by atoms with van der Waals surface area (Å²) >= 11 is 0. The molecule has 16 atom stereocenters. The van der Waals surface area contributed by atoms with E-state index in [2.05, 4.69) is 40.7 Å². The highest BCUT2D eigenvalue weighted by Gasteiger charge is 2.71. The summed E-state index contributed by atoms with van der Waals surface area (Å²) in [6.07, 6.45) is -2.97. The largest absolute Gasteiger partial charge is 0.479 e. The summed E-state index contributed by atoms with van der Waals surface area (Å²) in [6.45, 7) is 12.8. The molecule has 47 heavy (non-hydrogen) atoms. The highest BCUT2D eigenvalue weighted by Crippen LogP contribution is 2.75. The van der Waals surface area contributed by atoms with Crippen molar-refractivity contribution in [2.45, 2.75) is 142 Å². The van der Waals surface area contributed by atoms with Gasteiger partial charge in [0.25, 0.3) is 0 Å². The summed E-state index contributed by atoms with van der Waals surface area (Å²) in [5.74, 6) is -1.41. The average molecular weight is 667 g/mol. The fourth-order valence-corrected chi connectivity index (χ4v) is 12.5. The van der Waals surface area contributed by atoms with Crippen molar-refractivity contribution in [3.63, 3.8) is 0 Å². The molecule has 1 saturated heterocycles. The molecule has 16 unspecified atom stereocenters. The van der Waals surface area contributed by atoms with Crippen LogP contribution >= 0.6 is 0 Å². The van der Waals surface area contributed by atoms with Gasteiger partial charge in [-0.3, -0.25) is 0 Å². The van der Waals surface area contributed by atoms with E-state index in [0.29, 0.717) is 19.3 Å². The van der Waals surface area contributed by atoms with Crippen LogP contribution in [0.4, 0.5) is 0 Å². The number of ether oxygens (including phenoxy) is 2. The van der Waals surface area contributed by atoms with E-state index in [-0.39, 0.29) is 52.6 Å². The molecule has 4 saturated carbocycles. The van der Waals surface area contributed by atoms with Gasteiger partial charge in [0, 0.05) is 5.41 Å². The van der Waals surface area contributed by atoms with E-state index in [0.717, 1.165) is 32.1 Å². The lowest BCUT2D eigenvalue weighted by Gasteiger charge is -2.72. The average Bonchev–Trinajstić information content (AvgIpc) is 2.98. The number of rotatable bonds is 5. The Morgan fingerprint density at radius 2 is 1.51 bits per heavy atom. The number of fused-ring (bicyclic) bond motifs is 7. The maximum atomic E-state index is 11.9. The summed E-state index contributed by atoms with van der Waals surface area (Å²) in [5, 5.41) is 86.1. The van der Waals surface area contributed by atoms with Gasteiger partial charge in [0.2, 0.25) is 0 Å². The van der Waals surface area contributed by atoms with Crippen LogP contribution < -0.4 is 0 Å². The molecule has 0 aromatic carbocycles. The number of aliphatic hydroxyl groups is 7. The molecule has 0 spiro atoms. The molecule has 5 fully saturated rings. The molecule has 0 bridgehead atoms. The molecule has 8 N–H and O–H groups in total. The monoisotopic (exact) mass is 666 g/mol. The maximum absolute atomic E-state index is 11.9. The molecule has 0 aromatic heterocycles. The third-order valence-corrected chi connectivity index (χ3v) is 15.4. The fourth-order valence-electron chi connectivity index (χ4n) is 12.5. The van der Waals surface area contributed by atoms with Gasteiger partial charge in [-0.05, 0) is 90.8 Å². The summed E-state index contributed by atoms with van der Waals surface area (Å²) < 4.78 is 11.8. The van der Waals surface area contributed by atoms with Crippen LogP contribution in [0.2, 0.25) is 0 Å². The van der Waals surface area contributed by atoms with E-state index in [1.807, 2.05) is 6.92 Å². The number of carbonyl (C=O) groups is 1. The SMILES string of the molecule is CC1(C)CC(O)C2(CO)C(O)CC3(C)C(=CCC4C5(C)CCC(OC6OC(C(=O)O)C(O)C(O)C6O)C(C)(CO)C5CCC43C)C2C1. The number of carboxylic acids is 1. The normalized spacial score (nSPS) is 55.5. The summed E-state index contributed by atoms with van der Waals surface area (Å²) in [4.78, 5) is 11.7. The molecule has 11 nitrogen and oxygen atoms in total. The Bertz CT molecular complexity index is 1270. The molecular formula is C36H58O11. The number of aliphatic hydroxyl groups excluding tert-OH is 7. The van der Waals surface area contributed by atoms with Gasteiger partial charge >= 0.3 is 5.97 Å². The van der Waals surface area contributed by atoms with Crippen molar-refractivity contribution in [3.8, 4) is 0 Å². The Labute approximate surface area is 278 Å². The van der Waals surface area contributed by atoms with Gasteiger partial charge in [0.05, 0.1) is 36.9 Å². The fraction of sp³-hybridized carbons (Fsp3) is 0.917. The smallest absolute Gasteiger partial charge is 0.335 e. The molecule has 5 aliphatic carbocycles. The van der Waals surface area contributed by atoms with Gasteiger partial charge in [-0.25, -0.2) is 4.79 Å². The van der Waals surface area contributed by atoms with Crippen molar-refractivity contribution >= 4 is 5.97 Å². The Morgan fingerprint density at radius 1 is 0.851 bits per heavy atom. The van der Waals surface area contributed by atoms with Gasteiger partial charge in [0.15, 0.2) is 12.4 Å². The highest BCUT2D eigenvalue weighted by molar-refractivity contribution is 5.73. The number of aliphatic carboxylic acids is 1. The van der Waals surface area contributed by atoms with Crippen LogP contribution in [-0.4, -0.2) is 109 Å². The lowest BCUT2D eigenvalue weighted by atomic mass is 9.33. The lowest BCUT2D eigenvalue weighted by molar-refractivity contribution is -0.327. The molecule has 0 aromatic rings. The first-order chi connectivity index (χ1) is 21.8. The molecule has 6 rings (SSSR count). The van der Waals surface area contributed by atoms with Crippen molar-refractivity contribution in [1.82, 2.24) is 0 Å². The van der Waals surface area contributed by atoms with Crippen molar-refractivity contribution in [2.24, 2.45) is 50.2 Å². The first-order valence-electron chi connectivity index (χ1n) is 17.6. The van der Waals surface area contributed by atoms with E-state index in [4.69, 9.17) is 9.47 Å². The molecule has 1 aliphatic heterocycles. The lowest BCUT2D eigenvalue weighted by Crippen LogP contribution is -2.69. The number of hydrogen-bond acceptors (Lipinski definition) is 10. The van der Waals surface area contributed by atoms with Crippen LogP contribution in [0.5, 0.6) is 0 Å². The third-order valence-electron chi connectivity index (χ3n) is 15.4. The minimum absolute atomic E-state index is 0.00220. The zero-order valence-electron chi connectivity index (χ0n) is 28.8. The second-order valence-corrected chi connectivity index (χ2v) is 18.0. The van der Waals surface area contributed by atoms with E-state index >= 15 is 0 Å². The Hall–Kier alpha value is -1.15. The van der Waals surface area contributed by atoms with Crippen molar-refractivity contribution in [3.05, 3.63) is 11.6 Å². The molecular weight excluding hydrogens is 608 g/mol. The minimum atomic E-state index is -1.81. The van der Waals surface area contributed by atoms with Crippen LogP contribution in [0, 0.1) is 50.2 Å². The molecule has 0 amide bonds. The first kappa shape index (κ1) is 35.7. The van der Waals surface area contributed by atoms with E-state index in [9.17, 15) is 45.6 Å². The summed E-state index contributed by atoms with van der Waals surface area (Å²) in [6, 6.07) is 0. The summed E-state index contributed by atoms with van der Waals surface area (Å²) in [7, 11) is 0. The zero-order valence-corrected chi connectivity index (χ0v) is 28.8. The van der Waals surface area contributed by atoms with Crippen molar-refractivity contribution in [2.75, 3.05) is 13.2 Å². The van der Waals surface area contributed by atoms with Crippen LogP contribution in [-0.2, 0) is 14.3 Å². The Kier molecular flexibility index (Phi) is 8.68. The van der Waals surface area contributed by atoms with Gasteiger partial charge < -0.3 is 50.3 Å². The Morgan fingerprint density at radius 3 is 2.13 bits per heavy atom. The second-order valence-electron chi connectivity index (χ2n) is 18.0. The van der Waals surface area contributed by atoms with Gasteiger partial charge in [0.1, 0.15) is 18.3 Å². The van der Waals surface area contributed by atoms with Crippen LogP contribution in [0.3, 0.4) is 0 Å². The zero-order chi connectivity index (χ0) is 34.7. The van der Waals surface area contributed by atoms with Gasteiger partial charge in [-0.1, -0.05) is 53.2 Å².